The summed E-state index contributed by atoms with van der Waals surface area (Å²) in [6.07, 6.45) is 1.23. The lowest BCUT2D eigenvalue weighted by molar-refractivity contribution is -0.143. The van der Waals surface area contributed by atoms with Crippen LogP contribution in [0.25, 0.3) is 0 Å². The number of benzene rings is 1. The molecule has 0 aliphatic carbocycles. The van der Waals surface area contributed by atoms with Crippen molar-refractivity contribution >= 4 is 11.8 Å². The number of methoxy groups -OCH3 is 2. The maximum Gasteiger partial charge on any atom is 0.225 e. The molecule has 1 aliphatic heterocycles. The van der Waals surface area contributed by atoms with E-state index in [1.165, 1.54) is 0 Å². The van der Waals surface area contributed by atoms with Gasteiger partial charge in [0.2, 0.25) is 11.8 Å². The van der Waals surface area contributed by atoms with Gasteiger partial charge in [0.15, 0.2) is 0 Å². The van der Waals surface area contributed by atoms with Gasteiger partial charge in [0, 0.05) is 39.4 Å². The number of hydrogen-bond donors (Lipinski definition) is 3. The Labute approximate surface area is 254 Å². The minimum atomic E-state index is -0.828. The lowest BCUT2D eigenvalue weighted by Gasteiger charge is -2.40. The molecule has 0 bridgehead atoms. The third-order valence-electron chi connectivity index (χ3n) is 9.31. The van der Waals surface area contributed by atoms with Crippen LogP contribution in [-0.4, -0.2) is 97.5 Å². The van der Waals surface area contributed by atoms with Crippen LogP contribution in [-0.2, 0) is 19.1 Å². The molecule has 1 heterocycles. The quantitative estimate of drug-likeness (QED) is 0.254. The van der Waals surface area contributed by atoms with Crippen LogP contribution < -0.4 is 11.1 Å². The third-order valence-corrected chi connectivity index (χ3v) is 9.31. The number of carbonyl (C=O) groups is 2. The van der Waals surface area contributed by atoms with E-state index < -0.39 is 24.2 Å². The molecule has 9 heteroatoms. The zero-order chi connectivity index (χ0) is 31.6. The van der Waals surface area contributed by atoms with Gasteiger partial charge in [-0.1, -0.05) is 71.4 Å². The average molecular weight is 591 g/mol. The molecule has 1 fully saturated rings. The van der Waals surface area contributed by atoms with Gasteiger partial charge in [0.25, 0.3) is 0 Å². The van der Waals surface area contributed by atoms with E-state index in [1.54, 1.807) is 21.1 Å². The van der Waals surface area contributed by atoms with E-state index in [4.69, 9.17) is 15.2 Å². The highest BCUT2D eigenvalue weighted by Gasteiger charge is 2.42. The fraction of sp³-hybridized carbons (Fsp3) is 0.758. The van der Waals surface area contributed by atoms with Crippen LogP contribution >= 0.6 is 0 Å². The summed E-state index contributed by atoms with van der Waals surface area (Å²) in [5.74, 6) is -0.0495. The number of nitrogens with zero attached hydrogens (tertiary/aromatic N) is 2. The summed E-state index contributed by atoms with van der Waals surface area (Å²) in [5, 5.41) is 13.7. The predicted molar refractivity (Wildman–Crippen MR) is 168 cm³/mol. The molecule has 4 N–H and O–H groups in total. The normalized spacial score (nSPS) is 21.5. The fourth-order valence-electron chi connectivity index (χ4n) is 6.29. The second kappa shape index (κ2) is 17.3. The summed E-state index contributed by atoms with van der Waals surface area (Å²) >= 11 is 0. The van der Waals surface area contributed by atoms with Crippen LogP contribution in [0.3, 0.4) is 0 Å². The SMILES string of the molecule is CCC(C)C(C(CC(=O)N1CCCC1C(OC)C(C)C(=O)NC(C)C(O)c1ccccc1)OC)N(C)CC(N)C(C)C. The van der Waals surface area contributed by atoms with Crippen LogP contribution in [0.2, 0.25) is 0 Å². The number of likely N-dealkylation sites (tertiary alicyclic amines) is 1. The van der Waals surface area contributed by atoms with Gasteiger partial charge < -0.3 is 30.5 Å². The molecule has 2 amide bonds. The van der Waals surface area contributed by atoms with Crippen molar-refractivity contribution in [3.63, 3.8) is 0 Å². The Balaban J connectivity index is 2.13. The van der Waals surface area contributed by atoms with Crippen molar-refractivity contribution in [2.24, 2.45) is 23.5 Å². The maximum absolute atomic E-state index is 13.8. The Bertz CT molecular complexity index is 948. The van der Waals surface area contributed by atoms with E-state index >= 15 is 0 Å². The first-order chi connectivity index (χ1) is 19.9. The minimum Gasteiger partial charge on any atom is -0.386 e. The molecule has 9 atom stereocenters. The van der Waals surface area contributed by atoms with E-state index in [0.29, 0.717) is 18.4 Å². The summed E-state index contributed by atoms with van der Waals surface area (Å²) in [7, 11) is 5.35. The summed E-state index contributed by atoms with van der Waals surface area (Å²) in [4.78, 5) is 31.3. The molecule has 1 aromatic rings. The zero-order valence-electron chi connectivity index (χ0n) is 27.5. The topological polar surface area (TPSA) is 117 Å². The van der Waals surface area contributed by atoms with E-state index in [-0.39, 0.29) is 42.5 Å². The predicted octanol–water partition coefficient (Wildman–Crippen LogP) is 3.60. The first-order valence-corrected chi connectivity index (χ1v) is 15.7. The summed E-state index contributed by atoms with van der Waals surface area (Å²) in [6.45, 7) is 13.6. The molecule has 9 nitrogen and oxygen atoms in total. The molecule has 1 saturated heterocycles. The molecule has 2 rings (SSSR count). The van der Waals surface area contributed by atoms with Gasteiger partial charge in [0.05, 0.1) is 42.7 Å². The summed E-state index contributed by atoms with van der Waals surface area (Å²) in [6, 6.07) is 8.66. The van der Waals surface area contributed by atoms with Crippen LogP contribution in [0.1, 0.15) is 78.9 Å². The number of carbonyl (C=O) groups excluding carboxylic acids is 2. The van der Waals surface area contributed by atoms with Crippen molar-refractivity contribution in [2.75, 3.05) is 34.4 Å². The van der Waals surface area contributed by atoms with E-state index in [0.717, 1.165) is 31.4 Å². The Morgan fingerprint density at radius 1 is 1.12 bits per heavy atom. The van der Waals surface area contributed by atoms with Crippen LogP contribution in [0, 0.1) is 17.8 Å². The molecule has 0 radical (unpaired) electrons. The number of aliphatic hydroxyl groups is 1. The minimum absolute atomic E-state index is 0.0155. The lowest BCUT2D eigenvalue weighted by atomic mass is 9.89. The smallest absolute Gasteiger partial charge is 0.225 e. The van der Waals surface area contributed by atoms with Crippen molar-refractivity contribution in [3.8, 4) is 0 Å². The number of nitrogens with two attached hydrogens (primary N) is 1. The molecule has 1 aromatic carbocycles. The molecule has 1 aliphatic rings. The second-order valence-electron chi connectivity index (χ2n) is 12.6. The van der Waals surface area contributed by atoms with E-state index in [1.807, 2.05) is 42.2 Å². The van der Waals surface area contributed by atoms with Gasteiger partial charge in [-0.3, -0.25) is 14.5 Å². The monoisotopic (exact) mass is 590 g/mol. The Kier molecular flexibility index (Phi) is 14.9. The van der Waals surface area contributed by atoms with Crippen molar-refractivity contribution in [3.05, 3.63) is 35.9 Å². The van der Waals surface area contributed by atoms with Gasteiger partial charge in [-0.05, 0) is 44.2 Å². The van der Waals surface area contributed by atoms with Crippen LogP contribution in [0.15, 0.2) is 30.3 Å². The average Bonchev–Trinajstić information content (AvgIpc) is 3.46. The van der Waals surface area contributed by atoms with Gasteiger partial charge in [-0.25, -0.2) is 0 Å². The maximum atomic E-state index is 13.8. The van der Waals surface area contributed by atoms with Crippen molar-refractivity contribution < 1.29 is 24.2 Å². The van der Waals surface area contributed by atoms with E-state index in [9.17, 15) is 14.7 Å². The highest BCUT2D eigenvalue weighted by Crippen LogP contribution is 2.29. The standard InChI is InChI=1S/C33H58N4O5/c1-10-22(4)30(36(7)20-26(34)21(2)3)28(41-8)19-29(38)37-18-14-17-27(37)32(42-9)23(5)33(40)35-24(6)31(39)25-15-12-11-13-16-25/h11-13,15-16,21-24,26-28,30-32,39H,10,14,17-20,34H2,1-9H3,(H,35,40). The largest absolute Gasteiger partial charge is 0.386 e. The Morgan fingerprint density at radius 2 is 1.76 bits per heavy atom. The molecule has 42 heavy (non-hydrogen) atoms. The zero-order valence-corrected chi connectivity index (χ0v) is 27.5. The van der Waals surface area contributed by atoms with Gasteiger partial charge in [-0.15, -0.1) is 0 Å². The molecular weight excluding hydrogens is 532 g/mol. The first kappa shape index (κ1) is 36.2. The molecule has 0 saturated carbocycles. The van der Waals surface area contributed by atoms with Gasteiger partial charge >= 0.3 is 0 Å². The number of hydrogen-bond acceptors (Lipinski definition) is 7. The van der Waals surface area contributed by atoms with Crippen LogP contribution in [0.4, 0.5) is 0 Å². The molecule has 0 aromatic heterocycles. The number of likely N-dealkylation sites (N-methyl/N-ethyl adjacent to an activating group) is 1. The number of rotatable bonds is 17. The molecular formula is C33H58N4O5. The number of aliphatic hydroxyl groups excluding tert-OH is 1. The highest BCUT2D eigenvalue weighted by atomic mass is 16.5. The van der Waals surface area contributed by atoms with Crippen molar-refractivity contribution in [1.82, 2.24) is 15.1 Å². The summed E-state index contributed by atoms with van der Waals surface area (Å²) in [5.41, 5.74) is 7.16. The van der Waals surface area contributed by atoms with Crippen molar-refractivity contribution in [2.45, 2.75) is 110 Å². The van der Waals surface area contributed by atoms with Crippen molar-refractivity contribution in [1.29, 1.82) is 0 Å². The van der Waals surface area contributed by atoms with Gasteiger partial charge in [0.1, 0.15) is 0 Å². The number of amides is 2. The summed E-state index contributed by atoms with van der Waals surface area (Å²) < 4.78 is 11.9. The fourth-order valence-corrected chi connectivity index (χ4v) is 6.29. The van der Waals surface area contributed by atoms with Crippen LogP contribution in [0.5, 0.6) is 0 Å². The Hall–Kier alpha value is -2.04. The lowest BCUT2D eigenvalue weighted by Crippen LogP contribution is -2.54. The van der Waals surface area contributed by atoms with E-state index in [2.05, 4.69) is 45.0 Å². The highest BCUT2D eigenvalue weighted by molar-refractivity contribution is 5.80. The number of nitrogens with one attached hydrogen (secondary N) is 1. The van der Waals surface area contributed by atoms with Gasteiger partial charge in [-0.2, -0.15) is 0 Å². The molecule has 0 spiro atoms. The molecule has 9 unspecified atom stereocenters. The number of ether oxygens (including phenoxy) is 2. The first-order valence-electron chi connectivity index (χ1n) is 15.7. The third kappa shape index (κ3) is 9.48. The Morgan fingerprint density at radius 3 is 2.31 bits per heavy atom. The molecule has 240 valence electrons. The second-order valence-corrected chi connectivity index (χ2v) is 12.6.